The summed E-state index contributed by atoms with van der Waals surface area (Å²) in [7, 11) is 0. The predicted octanol–water partition coefficient (Wildman–Crippen LogP) is 4.13. The first-order valence-corrected chi connectivity index (χ1v) is 7.23. The smallest absolute Gasteiger partial charge is 0.0706 e. The molecule has 0 heterocycles. The number of rotatable bonds is 4. The number of hydrogen-bond acceptors (Lipinski definition) is 1. The first kappa shape index (κ1) is 13.6. The van der Waals surface area contributed by atoms with Gasteiger partial charge in [-0.2, -0.15) is 0 Å². The summed E-state index contributed by atoms with van der Waals surface area (Å²) in [6.07, 6.45) is 0.780. The van der Waals surface area contributed by atoms with Crippen LogP contribution in [0, 0.1) is 0 Å². The van der Waals surface area contributed by atoms with E-state index in [-0.39, 0.29) is 0 Å². The topological polar surface area (TPSA) is 26.0 Å². The van der Waals surface area contributed by atoms with Crippen LogP contribution in [0.15, 0.2) is 91.0 Å². The molecule has 0 bridgehead atoms. The fraction of sp³-hybridized carbons (Fsp3) is 0.100. The number of hydrogen-bond donors (Lipinski definition) is 1. The minimum atomic E-state index is -0.510. The van der Waals surface area contributed by atoms with Crippen LogP contribution in [0.4, 0.5) is 0 Å². The second-order valence-electron chi connectivity index (χ2n) is 5.37. The third-order valence-corrected chi connectivity index (χ3v) is 3.90. The van der Waals surface area contributed by atoms with Gasteiger partial charge in [0.1, 0.15) is 0 Å². The zero-order valence-corrected chi connectivity index (χ0v) is 11.9. The van der Waals surface area contributed by atoms with Crippen LogP contribution in [0.25, 0.3) is 0 Å². The molecule has 2 N–H and O–H groups in total. The Morgan fingerprint density at radius 2 is 0.952 bits per heavy atom. The second kappa shape index (κ2) is 5.94. The summed E-state index contributed by atoms with van der Waals surface area (Å²) in [4.78, 5) is 0. The molecule has 0 spiro atoms. The number of nitrogens with two attached hydrogens (primary N) is 1. The van der Waals surface area contributed by atoms with Gasteiger partial charge in [-0.1, -0.05) is 91.0 Å². The van der Waals surface area contributed by atoms with Crippen molar-refractivity contribution in [1.82, 2.24) is 0 Å². The van der Waals surface area contributed by atoms with Gasteiger partial charge in [0.15, 0.2) is 0 Å². The molecule has 0 fully saturated rings. The van der Waals surface area contributed by atoms with Gasteiger partial charge in [-0.05, 0) is 23.1 Å². The highest BCUT2D eigenvalue weighted by atomic mass is 14.7. The Bertz CT molecular complexity index is 635. The maximum absolute atomic E-state index is 6.87. The summed E-state index contributed by atoms with van der Waals surface area (Å²) in [6, 6.07) is 31.1. The Labute approximate surface area is 126 Å². The van der Waals surface area contributed by atoms with Crippen molar-refractivity contribution < 1.29 is 0 Å². The fourth-order valence-electron chi connectivity index (χ4n) is 2.76. The van der Waals surface area contributed by atoms with Crippen molar-refractivity contribution in [2.24, 2.45) is 5.73 Å². The SMILES string of the molecule is NC(Cc1ccccc1)(c1ccccc1)c1ccccc1. The summed E-state index contributed by atoms with van der Waals surface area (Å²) in [5.74, 6) is 0. The third kappa shape index (κ3) is 2.88. The molecule has 3 rings (SSSR count). The molecule has 1 heteroatoms. The van der Waals surface area contributed by atoms with Crippen LogP contribution in [0.5, 0.6) is 0 Å². The molecule has 0 saturated heterocycles. The van der Waals surface area contributed by atoms with Crippen LogP contribution in [-0.2, 0) is 12.0 Å². The van der Waals surface area contributed by atoms with Crippen LogP contribution in [0.1, 0.15) is 16.7 Å². The van der Waals surface area contributed by atoms with Gasteiger partial charge >= 0.3 is 0 Å². The van der Waals surface area contributed by atoms with Crippen LogP contribution >= 0.6 is 0 Å². The van der Waals surface area contributed by atoms with Crippen molar-refractivity contribution >= 4 is 0 Å². The highest BCUT2D eigenvalue weighted by Gasteiger charge is 2.29. The van der Waals surface area contributed by atoms with Crippen molar-refractivity contribution in [1.29, 1.82) is 0 Å². The van der Waals surface area contributed by atoms with E-state index in [1.54, 1.807) is 0 Å². The Morgan fingerprint density at radius 3 is 1.38 bits per heavy atom. The summed E-state index contributed by atoms with van der Waals surface area (Å²) in [5, 5.41) is 0. The predicted molar refractivity (Wildman–Crippen MR) is 88.0 cm³/mol. The lowest BCUT2D eigenvalue weighted by Crippen LogP contribution is -2.40. The molecule has 3 aromatic carbocycles. The van der Waals surface area contributed by atoms with Gasteiger partial charge in [0.2, 0.25) is 0 Å². The lowest BCUT2D eigenvalue weighted by Gasteiger charge is -2.31. The molecule has 0 atom stereocenters. The minimum absolute atomic E-state index is 0.510. The maximum atomic E-state index is 6.87. The van der Waals surface area contributed by atoms with Gasteiger partial charge in [-0.15, -0.1) is 0 Å². The molecule has 21 heavy (non-hydrogen) atoms. The van der Waals surface area contributed by atoms with Gasteiger partial charge in [0, 0.05) is 0 Å². The van der Waals surface area contributed by atoms with Crippen molar-refractivity contribution in [2.75, 3.05) is 0 Å². The van der Waals surface area contributed by atoms with Crippen LogP contribution in [0.2, 0.25) is 0 Å². The quantitative estimate of drug-likeness (QED) is 0.760. The molecular weight excluding hydrogens is 254 g/mol. The van der Waals surface area contributed by atoms with Gasteiger partial charge in [-0.25, -0.2) is 0 Å². The van der Waals surface area contributed by atoms with Crippen molar-refractivity contribution in [3.8, 4) is 0 Å². The normalized spacial score (nSPS) is 11.3. The van der Waals surface area contributed by atoms with E-state index in [4.69, 9.17) is 5.73 Å². The first-order valence-electron chi connectivity index (χ1n) is 7.23. The van der Waals surface area contributed by atoms with E-state index in [2.05, 4.69) is 48.5 Å². The van der Waals surface area contributed by atoms with Crippen LogP contribution < -0.4 is 5.73 Å². The summed E-state index contributed by atoms with van der Waals surface area (Å²) >= 11 is 0. The molecule has 0 aliphatic heterocycles. The molecular formula is C20H19N. The molecule has 0 aliphatic carbocycles. The van der Waals surface area contributed by atoms with E-state index in [1.165, 1.54) is 5.56 Å². The average Bonchev–Trinajstić information content (AvgIpc) is 2.57. The Hall–Kier alpha value is -2.38. The monoisotopic (exact) mass is 273 g/mol. The fourth-order valence-corrected chi connectivity index (χ4v) is 2.76. The van der Waals surface area contributed by atoms with E-state index in [1.807, 2.05) is 42.5 Å². The van der Waals surface area contributed by atoms with E-state index in [9.17, 15) is 0 Å². The van der Waals surface area contributed by atoms with Crippen LogP contribution in [0.3, 0.4) is 0 Å². The van der Waals surface area contributed by atoms with E-state index >= 15 is 0 Å². The van der Waals surface area contributed by atoms with Crippen molar-refractivity contribution in [3.63, 3.8) is 0 Å². The van der Waals surface area contributed by atoms with E-state index < -0.39 is 5.54 Å². The van der Waals surface area contributed by atoms with Crippen LogP contribution in [-0.4, -0.2) is 0 Å². The largest absolute Gasteiger partial charge is 0.317 e. The minimum Gasteiger partial charge on any atom is -0.317 e. The lowest BCUT2D eigenvalue weighted by atomic mass is 9.79. The highest BCUT2D eigenvalue weighted by Crippen LogP contribution is 2.30. The van der Waals surface area contributed by atoms with Gasteiger partial charge < -0.3 is 5.73 Å². The standard InChI is InChI=1S/C20H19N/c21-20(18-12-6-2-7-13-18,19-14-8-3-9-15-19)16-17-10-4-1-5-11-17/h1-15H,16,21H2. The molecule has 0 aromatic heterocycles. The summed E-state index contributed by atoms with van der Waals surface area (Å²) in [5.41, 5.74) is 9.88. The molecule has 0 amide bonds. The van der Waals surface area contributed by atoms with E-state index in [0.29, 0.717) is 0 Å². The third-order valence-electron chi connectivity index (χ3n) is 3.90. The second-order valence-corrected chi connectivity index (χ2v) is 5.37. The lowest BCUT2D eigenvalue weighted by molar-refractivity contribution is 0.535. The molecule has 104 valence electrons. The Balaban J connectivity index is 2.07. The van der Waals surface area contributed by atoms with Gasteiger partial charge in [0.25, 0.3) is 0 Å². The molecule has 0 aliphatic rings. The summed E-state index contributed by atoms with van der Waals surface area (Å²) < 4.78 is 0. The Morgan fingerprint density at radius 1 is 0.571 bits per heavy atom. The molecule has 1 nitrogen and oxygen atoms in total. The van der Waals surface area contributed by atoms with Gasteiger partial charge in [-0.3, -0.25) is 0 Å². The molecule has 0 unspecified atom stereocenters. The first-order chi connectivity index (χ1) is 10.3. The Kier molecular flexibility index (Phi) is 3.85. The average molecular weight is 273 g/mol. The summed E-state index contributed by atoms with van der Waals surface area (Å²) in [6.45, 7) is 0. The maximum Gasteiger partial charge on any atom is 0.0706 e. The zero-order chi connectivity index (χ0) is 14.5. The van der Waals surface area contributed by atoms with Crippen molar-refractivity contribution in [3.05, 3.63) is 108 Å². The molecule has 0 radical (unpaired) electrons. The molecule has 3 aromatic rings. The highest BCUT2D eigenvalue weighted by molar-refractivity contribution is 5.40. The molecule has 0 saturated carbocycles. The van der Waals surface area contributed by atoms with E-state index in [0.717, 1.165) is 17.5 Å². The number of benzene rings is 3. The zero-order valence-electron chi connectivity index (χ0n) is 11.9. The van der Waals surface area contributed by atoms with Crippen molar-refractivity contribution in [2.45, 2.75) is 12.0 Å². The van der Waals surface area contributed by atoms with Gasteiger partial charge in [0.05, 0.1) is 5.54 Å².